The van der Waals surface area contributed by atoms with Gasteiger partial charge >= 0.3 is 7.12 Å². The summed E-state index contributed by atoms with van der Waals surface area (Å²) in [6.07, 6.45) is 0. The van der Waals surface area contributed by atoms with Gasteiger partial charge in [0.25, 0.3) is 0 Å². The lowest BCUT2D eigenvalue weighted by molar-refractivity contribution is 0.403. The van der Waals surface area contributed by atoms with Crippen molar-refractivity contribution in [3.8, 4) is 5.75 Å². The van der Waals surface area contributed by atoms with Gasteiger partial charge in [-0.25, -0.2) is 0 Å². The van der Waals surface area contributed by atoms with Gasteiger partial charge in [0.2, 0.25) is 0 Å². The monoisotopic (exact) mass is 156 g/mol. The molecule has 0 aliphatic heterocycles. The Morgan fingerprint density at radius 1 is 1.36 bits per heavy atom. The molecule has 0 aromatic heterocycles. The van der Waals surface area contributed by atoms with Gasteiger partial charge in [-0.05, 0) is 6.07 Å². The molecule has 0 saturated carbocycles. The molecule has 0 spiro atoms. The molecule has 0 bridgehead atoms. The molecule has 1 aromatic carbocycles. The highest BCUT2D eigenvalue weighted by Gasteiger charge is 2.14. The first-order valence-corrected chi connectivity index (χ1v) is 3.24. The highest BCUT2D eigenvalue weighted by atomic mass is 16.5. The van der Waals surface area contributed by atoms with E-state index in [2.05, 4.69) is 0 Å². The fraction of sp³-hybridized carbons (Fsp3) is 0.143. The van der Waals surface area contributed by atoms with E-state index in [0.717, 1.165) is 0 Å². The number of para-hydroxylation sites is 1. The summed E-state index contributed by atoms with van der Waals surface area (Å²) in [6, 6.07) is 6.76. The summed E-state index contributed by atoms with van der Waals surface area (Å²) in [5.74, 6) is 0.488. The van der Waals surface area contributed by atoms with Gasteiger partial charge in [0.05, 0.1) is 7.11 Å². The van der Waals surface area contributed by atoms with E-state index in [9.17, 15) is 0 Å². The van der Waals surface area contributed by atoms with Crippen LogP contribution in [0.25, 0.3) is 0 Å². The maximum atomic E-state index is 8.81. The van der Waals surface area contributed by atoms with Crippen molar-refractivity contribution in [1.29, 1.82) is 0 Å². The lowest BCUT2D eigenvalue weighted by atomic mass is 9.80. The lowest BCUT2D eigenvalue weighted by Crippen LogP contribution is -2.30. The largest absolute Gasteiger partial charge is 0.497 e. The first-order valence-electron chi connectivity index (χ1n) is 3.24. The first-order chi connectivity index (χ1) is 5.25. The minimum absolute atomic E-state index is 0. The Labute approximate surface area is 68.4 Å². The van der Waals surface area contributed by atoms with E-state index in [4.69, 9.17) is 14.8 Å². The van der Waals surface area contributed by atoms with Crippen molar-refractivity contribution in [3.63, 3.8) is 0 Å². The lowest BCUT2D eigenvalue weighted by Gasteiger charge is -2.05. The van der Waals surface area contributed by atoms with Crippen molar-refractivity contribution < 1.29 is 17.6 Å². The van der Waals surface area contributed by atoms with E-state index in [1.807, 2.05) is 0 Å². The second kappa shape index (κ2) is 3.41. The third-order valence-corrected chi connectivity index (χ3v) is 1.42. The molecule has 0 saturated heterocycles. The Balaban J connectivity index is 0. The van der Waals surface area contributed by atoms with Gasteiger partial charge in [-0.3, -0.25) is 0 Å². The number of rotatable bonds is 2. The summed E-state index contributed by atoms with van der Waals surface area (Å²) in [5, 5.41) is 17.6. The van der Waals surface area contributed by atoms with Gasteiger partial charge in [-0.15, -0.1) is 0 Å². The standard InChI is InChI=1S/C7H9BO3.2H2/c1-11-7-5-3-2-4-6(7)8(9)10;;/h2-5,9-10H,1H3;2*1H. The molecule has 11 heavy (non-hydrogen) atoms. The van der Waals surface area contributed by atoms with Crippen LogP contribution in [-0.4, -0.2) is 24.3 Å². The second-order valence-corrected chi connectivity index (χ2v) is 2.12. The van der Waals surface area contributed by atoms with Gasteiger partial charge in [0.15, 0.2) is 0 Å². The van der Waals surface area contributed by atoms with Gasteiger partial charge in [0.1, 0.15) is 5.75 Å². The molecular weight excluding hydrogens is 143 g/mol. The summed E-state index contributed by atoms with van der Waals surface area (Å²) in [4.78, 5) is 0. The molecular formula is C7H13BO3. The number of methoxy groups -OCH3 is 1. The Kier molecular flexibility index (Phi) is 2.51. The van der Waals surface area contributed by atoms with E-state index < -0.39 is 7.12 Å². The maximum absolute atomic E-state index is 8.81. The van der Waals surface area contributed by atoms with Crippen LogP contribution in [0, 0.1) is 0 Å². The van der Waals surface area contributed by atoms with Crippen LogP contribution in [0.4, 0.5) is 0 Å². The van der Waals surface area contributed by atoms with Gasteiger partial charge in [0, 0.05) is 8.32 Å². The second-order valence-electron chi connectivity index (χ2n) is 2.12. The number of ether oxygens (including phenoxy) is 1. The SMILES string of the molecule is COc1ccccc1B(O)O.[HH].[HH]. The van der Waals surface area contributed by atoms with Crippen LogP contribution in [0.5, 0.6) is 5.75 Å². The molecule has 0 amide bonds. The Bertz CT molecular complexity index is 245. The Morgan fingerprint density at radius 2 is 2.00 bits per heavy atom. The normalized spacial score (nSPS) is 9.36. The molecule has 0 aliphatic rings. The van der Waals surface area contributed by atoms with Gasteiger partial charge in [-0.2, -0.15) is 0 Å². The Hall–Kier alpha value is -0.995. The predicted molar refractivity (Wildman–Crippen MR) is 47.0 cm³/mol. The van der Waals surface area contributed by atoms with Crippen LogP contribution in [0.15, 0.2) is 24.3 Å². The summed E-state index contributed by atoms with van der Waals surface area (Å²) in [5.41, 5.74) is 0.384. The summed E-state index contributed by atoms with van der Waals surface area (Å²) in [7, 11) is 0.0208. The zero-order valence-corrected chi connectivity index (χ0v) is 6.19. The molecule has 62 valence electrons. The topological polar surface area (TPSA) is 49.7 Å². The molecule has 1 aromatic rings. The smallest absolute Gasteiger partial charge is 0.492 e. The van der Waals surface area contributed by atoms with Gasteiger partial charge < -0.3 is 14.8 Å². The maximum Gasteiger partial charge on any atom is 0.492 e. The van der Waals surface area contributed by atoms with Gasteiger partial charge in [-0.1, -0.05) is 18.2 Å². The quantitative estimate of drug-likeness (QED) is 0.586. The molecule has 0 heterocycles. The average molecular weight is 156 g/mol. The molecule has 0 aliphatic carbocycles. The molecule has 0 fully saturated rings. The zero-order valence-electron chi connectivity index (χ0n) is 6.19. The Morgan fingerprint density at radius 3 is 2.45 bits per heavy atom. The van der Waals surface area contributed by atoms with Crippen LogP contribution in [0.2, 0.25) is 0 Å². The summed E-state index contributed by atoms with van der Waals surface area (Å²) < 4.78 is 4.89. The third kappa shape index (κ3) is 1.72. The predicted octanol–water partition coefficient (Wildman–Crippen LogP) is -0.133. The molecule has 4 heteroatoms. The molecule has 3 nitrogen and oxygen atoms in total. The van der Waals surface area contributed by atoms with Crippen LogP contribution < -0.4 is 10.2 Å². The van der Waals surface area contributed by atoms with Crippen LogP contribution >= 0.6 is 0 Å². The van der Waals surface area contributed by atoms with Crippen molar-refractivity contribution in [2.45, 2.75) is 0 Å². The van der Waals surface area contributed by atoms with E-state index in [0.29, 0.717) is 11.2 Å². The van der Waals surface area contributed by atoms with E-state index in [1.165, 1.54) is 7.11 Å². The molecule has 0 unspecified atom stereocenters. The van der Waals surface area contributed by atoms with Crippen molar-refractivity contribution >= 4 is 12.6 Å². The summed E-state index contributed by atoms with van der Waals surface area (Å²) in [6.45, 7) is 0. The number of hydrogen-bond donors (Lipinski definition) is 2. The van der Waals surface area contributed by atoms with E-state index in [1.54, 1.807) is 24.3 Å². The van der Waals surface area contributed by atoms with Crippen LogP contribution in [-0.2, 0) is 0 Å². The minimum atomic E-state index is -1.47. The molecule has 0 atom stereocenters. The number of hydrogen-bond acceptors (Lipinski definition) is 3. The van der Waals surface area contributed by atoms with Crippen molar-refractivity contribution in [1.82, 2.24) is 0 Å². The third-order valence-electron chi connectivity index (χ3n) is 1.42. The number of benzene rings is 1. The highest BCUT2D eigenvalue weighted by molar-refractivity contribution is 6.59. The fourth-order valence-corrected chi connectivity index (χ4v) is 0.880. The average Bonchev–Trinajstić information content (AvgIpc) is 2.04. The van der Waals surface area contributed by atoms with Crippen molar-refractivity contribution in [3.05, 3.63) is 24.3 Å². The molecule has 0 radical (unpaired) electrons. The van der Waals surface area contributed by atoms with Crippen molar-refractivity contribution in [2.75, 3.05) is 7.11 Å². The first kappa shape index (κ1) is 8.10. The molecule has 1 rings (SSSR count). The molecule has 2 N–H and O–H groups in total. The van der Waals surface area contributed by atoms with Crippen LogP contribution in [0.1, 0.15) is 2.85 Å². The minimum Gasteiger partial charge on any atom is -0.497 e. The highest BCUT2D eigenvalue weighted by Crippen LogP contribution is 2.04. The zero-order chi connectivity index (χ0) is 8.27. The van der Waals surface area contributed by atoms with Crippen molar-refractivity contribution in [2.24, 2.45) is 0 Å². The van der Waals surface area contributed by atoms with Crippen LogP contribution in [0.3, 0.4) is 0 Å². The summed E-state index contributed by atoms with van der Waals surface area (Å²) >= 11 is 0. The van der Waals surface area contributed by atoms with E-state index >= 15 is 0 Å². The van der Waals surface area contributed by atoms with E-state index in [-0.39, 0.29) is 2.85 Å². The fourth-order valence-electron chi connectivity index (χ4n) is 0.880.